The third kappa shape index (κ3) is 6.08. The van der Waals surface area contributed by atoms with E-state index in [0.29, 0.717) is 41.6 Å². The van der Waals surface area contributed by atoms with Crippen LogP contribution in [-0.2, 0) is 6.11 Å². The van der Waals surface area contributed by atoms with Crippen molar-refractivity contribution < 1.29 is 48.6 Å². The van der Waals surface area contributed by atoms with Gasteiger partial charge in [-0.15, -0.1) is 0 Å². The summed E-state index contributed by atoms with van der Waals surface area (Å²) in [5, 5.41) is -1.81. The number of fused-ring (bicyclic) bond motifs is 1. The number of aromatic nitrogens is 2. The van der Waals surface area contributed by atoms with Crippen molar-refractivity contribution in [1.29, 1.82) is 0 Å². The normalized spacial score (nSPS) is 11.8. The second-order valence-electron chi connectivity index (χ2n) is 8.88. The lowest BCUT2D eigenvalue weighted by molar-refractivity contribution is -0.189. The first-order valence-electron chi connectivity index (χ1n) is 11.9. The Morgan fingerprint density at radius 2 is 1.26 bits per heavy atom. The summed E-state index contributed by atoms with van der Waals surface area (Å²) in [5.41, 5.74) is -2.51. The molecule has 0 unspecified atom stereocenters. The van der Waals surface area contributed by atoms with Crippen LogP contribution in [0.3, 0.4) is 0 Å². The molecule has 3 nitrogen and oxygen atoms in total. The topological polar surface area (TPSA) is 35.0 Å². The molecule has 0 aliphatic carbocycles. The molecule has 13 heteroatoms. The Kier molecular flexibility index (Phi) is 7.47. The van der Waals surface area contributed by atoms with E-state index in [1.807, 2.05) is 0 Å². The van der Waals surface area contributed by atoms with Gasteiger partial charge in [-0.1, -0.05) is 30.2 Å². The van der Waals surface area contributed by atoms with Gasteiger partial charge in [0, 0.05) is 29.9 Å². The first-order valence-corrected chi connectivity index (χ1v) is 11.9. The first kappa shape index (κ1) is 29.4. The van der Waals surface area contributed by atoms with E-state index in [9.17, 15) is 43.9 Å². The Bertz CT molecular complexity index is 1890. The van der Waals surface area contributed by atoms with Gasteiger partial charge in [0.25, 0.3) is 0 Å². The Hall–Kier alpha value is -5.12. The second kappa shape index (κ2) is 10.9. The average Bonchev–Trinajstić information content (AvgIpc) is 2.91. The van der Waals surface area contributed by atoms with Gasteiger partial charge in [-0.25, -0.2) is 31.9 Å². The van der Waals surface area contributed by atoms with Crippen molar-refractivity contribution in [3.05, 3.63) is 113 Å². The highest BCUT2D eigenvalue weighted by Crippen LogP contribution is 2.39. The predicted molar refractivity (Wildman–Crippen MR) is 134 cm³/mol. The standard InChI is InChI=1S/C30H12F10N2O/c31-21-13-18-10-19(14-22(32)25(18)27(35)20(21)6-7-29(36,37)38)43-30(39,40)26-23(33)11-17(12-24(26)34)15-2-4-16(5-3-15)28-41-8-1-9-42-28/h1-5,8-14H. The van der Waals surface area contributed by atoms with Gasteiger partial charge in [0.05, 0.1) is 10.9 Å². The highest BCUT2D eigenvalue weighted by molar-refractivity contribution is 5.87. The van der Waals surface area contributed by atoms with E-state index in [1.165, 1.54) is 30.4 Å². The number of alkyl halides is 5. The molecule has 0 saturated heterocycles. The zero-order valence-electron chi connectivity index (χ0n) is 21.0. The van der Waals surface area contributed by atoms with Crippen LogP contribution in [0.5, 0.6) is 5.75 Å². The highest BCUT2D eigenvalue weighted by atomic mass is 19.4. The van der Waals surface area contributed by atoms with Gasteiger partial charge in [0.2, 0.25) is 0 Å². The van der Waals surface area contributed by atoms with E-state index in [-0.39, 0.29) is 17.2 Å². The number of rotatable bonds is 5. The minimum atomic E-state index is -5.11. The monoisotopic (exact) mass is 606 g/mol. The van der Waals surface area contributed by atoms with Crippen LogP contribution in [0.15, 0.2) is 73.1 Å². The maximum atomic E-state index is 15.0. The lowest BCUT2D eigenvalue weighted by Crippen LogP contribution is -2.25. The lowest BCUT2D eigenvalue weighted by Gasteiger charge is -2.20. The molecule has 1 heterocycles. The minimum Gasteiger partial charge on any atom is -0.429 e. The molecule has 0 amide bonds. The summed E-state index contributed by atoms with van der Waals surface area (Å²) < 4.78 is 145. The Labute approximate surface area is 235 Å². The molecule has 218 valence electrons. The molecular weight excluding hydrogens is 594 g/mol. The van der Waals surface area contributed by atoms with Crippen LogP contribution in [0.4, 0.5) is 43.9 Å². The number of halogens is 10. The van der Waals surface area contributed by atoms with Crippen LogP contribution in [0.25, 0.3) is 33.3 Å². The molecule has 0 saturated carbocycles. The Morgan fingerprint density at radius 1 is 0.651 bits per heavy atom. The molecule has 0 atom stereocenters. The second-order valence-corrected chi connectivity index (χ2v) is 8.88. The average molecular weight is 606 g/mol. The third-order valence-electron chi connectivity index (χ3n) is 6.00. The third-order valence-corrected chi connectivity index (χ3v) is 6.00. The largest absolute Gasteiger partial charge is 0.458 e. The Balaban J connectivity index is 1.46. The van der Waals surface area contributed by atoms with Crippen LogP contribution in [0.2, 0.25) is 0 Å². The van der Waals surface area contributed by atoms with Gasteiger partial charge in [-0.05, 0) is 46.8 Å². The van der Waals surface area contributed by atoms with Gasteiger partial charge >= 0.3 is 12.3 Å². The fraction of sp³-hybridized carbons (Fsp3) is 0.0667. The SMILES string of the molecule is Fc1cc2cc(OC(F)(F)c3c(F)cc(-c4ccc(-c5ncccn5)cc4)cc3F)cc(F)c2c(F)c1C#CC(F)(F)F. The van der Waals surface area contributed by atoms with Crippen LogP contribution < -0.4 is 4.74 Å². The number of hydrogen-bond acceptors (Lipinski definition) is 3. The summed E-state index contributed by atoms with van der Waals surface area (Å²) in [4.78, 5) is 8.14. The van der Waals surface area contributed by atoms with Crippen LogP contribution >= 0.6 is 0 Å². The molecule has 0 aliphatic rings. The predicted octanol–water partition coefficient (Wildman–Crippen LogP) is 8.70. The molecule has 5 rings (SSSR count). The van der Waals surface area contributed by atoms with Gasteiger partial charge < -0.3 is 4.74 Å². The number of ether oxygens (including phenoxy) is 1. The molecule has 0 N–H and O–H groups in total. The maximum absolute atomic E-state index is 15.0. The minimum absolute atomic E-state index is 0.109. The fourth-order valence-corrected chi connectivity index (χ4v) is 4.17. The van der Waals surface area contributed by atoms with Gasteiger partial charge in [0.15, 0.2) is 11.6 Å². The quantitative estimate of drug-likeness (QED) is 0.148. The molecule has 0 fully saturated rings. The fourth-order valence-electron chi connectivity index (χ4n) is 4.17. The summed E-state index contributed by atoms with van der Waals surface area (Å²) in [6.45, 7) is 0. The van der Waals surface area contributed by atoms with Crippen LogP contribution in [0, 0.1) is 40.9 Å². The summed E-state index contributed by atoms with van der Waals surface area (Å²) >= 11 is 0. The van der Waals surface area contributed by atoms with E-state index < -0.39 is 69.0 Å². The van der Waals surface area contributed by atoms with Crippen molar-refractivity contribution in [2.75, 3.05) is 0 Å². The van der Waals surface area contributed by atoms with Crippen molar-refractivity contribution in [3.8, 4) is 40.1 Å². The van der Waals surface area contributed by atoms with E-state index in [0.717, 1.165) is 0 Å². The number of nitrogens with zero attached hydrogens (tertiary/aromatic N) is 2. The van der Waals surface area contributed by atoms with Gasteiger partial charge in [0.1, 0.15) is 34.6 Å². The van der Waals surface area contributed by atoms with E-state index in [2.05, 4.69) is 14.7 Å². The highest BCUT2D eigenvalue weighted by Gasteiger charge is 2.41. The van der Waals surface area contributed by atoms with Crippen molar-refractivity contribution in [1.82, 2.24) is 9.97 Å². The molecule has 0 radical (unpaired) electrons. The van der Waals surface area contributed by atoms with Crippen LogP contribution in [0.1, 0.15) is 11.1 Å². The first-order chi connectivity index (χ1) is 20.2. The van der Waals surface area contributed by atoms with Gasteiger partial charge in [-0.2, -0.15) is 22.0 Å². The zero-order chi connectivity index (χ0) is 31.1. The molecule has 4 aromatic carbocycles. The maximum Gasteiger partial charge on any atom is 0.458 e. The molecule has 1 aromatic heterocycles. The van der Waals surface area contributed by atoms with Crippen molar-refractivity contribution in [2.24, 2.45) is 0 Å². The molecule has 43 heavy (non-hydrogen) atoms. The molecule has 0 spiro atoms. The summed E-state index contributed by atoms with van der Waals surface area (Å²) in [6.07, 6.45) is -6.84. The summed E-state index contributed by atoms with van der Waals surface area (Å²) in [7, 11) is 0. The van der Waals surface area contributed by atoms with E-state index in [4.69, 9.17) is 0 Å². The number of hydrogen-bond donors (Lipinski definition) is 0. The summed E-state index contributed by atoms with van der Waals surface area (Å²) in [5.74, 6) is -7.40. The van der Waals surface area contributed by atoms with Crippen molar-refractivity contribution >= 4 is 10.8 Å². The molecule has 0 bridgehead atoms. The molecule has 0 aliphatic heterocycles. The Morgan fingerprint density at radius 3 is 1.86 bits per heavy atom. The number of benzene rings is 4. The zero-order valence-corrected chi connectivity index (χ0v) is 21.0. The van der Waals surface area contributed by atoms with Gasteiger partial charge in [-0.3, -0.25) is 0 Å². The van der Waals surface area contributed by atoms with Crippen LogP contribution in [-0.4, -0.2) is 16.1 Å². The summed E-state index contributed by atoms with van der Waals surface area (Å²) in [6, 6.07) is 9.94. The smallest absolute Gasteiger partial charge is 0.429 e. The van der Waals surface area contributed by atoms with E-state index >= 15 is 0 Å². The van der Waals surface area contributed by atoms with Crippen molar-refractivity contribution in [3.63, 3.8) is 0 Å². The lowest BCUT2D eigenvalue weighted by atomic mass is 10.0. The van der Waals surface area contributed by atoms with Crippen molar-refractivity contribution in [2.45, 2.75) is 12.3 Å². The van der Waals surface area contributed by atoms with E-state index in [1.54, 1.807) is 18.2 Å². The molecular formula is C30H12F10N2O. The molecule has 5 aromatic rings.